The lowest BCUT2D eigenvalue weighted by Gasteiger charge is -2.18. The Labute approximate surface area is 120 Å². The number of benzene rings is 1. The zero-order valence-electron chi connectivity index (χ0n) is 11.7. The van der Waals surface area contributed by atoms with Crippen LogP contribution in [0, 0.1) is 12.3 Å². The molecule has 0 aliphatic carbocycles. The van der Waals surface area contributed by atoms with Crippen LogP contribution in [-0.4, -0.2) is 14.2 Å². The maximum absolute atomic E-state index is 12.0. The molecule has 0 fully saturated rings. The zero-order chi connectivity index (χ0) is 14.8. The van der Waals surface area contributed by atoms with Crippen molar-refractivity contribution >= 4 is 33.0 Å². The summed E-state index contributed by atoms with van der Waals surface area (Å²) in [5.74, 6) is 0.0813. The Balaban J connectivity index is 2.87. The number of hydrogen-bond donors (Lipinski definition) is 2. The van der Waals surface area contributed by atoms with Gasteiger partial charge in [-0.25, -0.2) is 8.42 Å². The summed E-state index contributed by atoms with van der Waals surface area (Å²) in [5.41, 5.74) is 7.31. The van der Waals surface area contributed by atoms with Crippen molar-refractivity contribution in [2.75, 3.05) is 16.2 Å². The first-order valence-corrected chi connectivity index (χ1v) is 8.09. The summed E-state index contributed by atoms with van der Waals surface area (Å²) in [6.07, 6.45) is 0.587. The SMILES string of the molecule is Cc1cc(N)c(Cl)cc1NS(=O)(=O)CCC(C)(C)C. The first kappa shape index (κ1) is 16.1. The van der Waals surface area contributed by atoms with E-state index in [4.69, 9.17) is 17.3 Å². The Bertz CT molecular complexity index is 563. The first-order chi connectivity index (χ1) is 8.50. The maximum Gasteiger partial charge on any atom is 0.232 e. The van der Waals surface area contributed by atoms with Gasteiger partial charge in [-0.15, -0.1) is 0 Å². The molecule has 0 atom stereocenters. The van der Waals surface area contributed by atoms with E-state index in [1.807, 2.05) is 20.8 Å². The van der Waals surface area contributed by atoms with Gasteiger partial charge < -0.3 is 5.73 Å². The molecule has 0 aliphatic heterocycles. The molecule has 4 nitrogen and oxygen atoms in total. The van der Waals surface area contributed by atoms with E-state index in [0.717, 1.165) is 5.56 Å². The highest BCUT2D eigenvalue weighted by atomic mass is 35.5. The topological polar surface area (TPSA) is 72.2 Å². The number of nitrogen functional groups attached to an aromatic ring is 1. The average Bonchev–Trinajstić information content (AvgIpc) is 2.22. The fourth-order valence-electron chi connectivity index (χ4n) is 1.47. The van der Waals surface area contributed by atoms with Crippen LogP contribution in [0.15, 0.2) is 12.1 Å². The van der Waals surface area contributed by atoms with Crippen molar-refractivity contribution in [1.29, 1.82) is 0 Å². The van der Waals surface area contributed by atoms with Crippen LogP contribution in [0.1, 0.15) is 32.8 Å². The summed E-state index contributed by atoms with van der Waals surface area (Å²) in [4.78, 5) is 0. The van der Waals surface area contributed by atoms with E-state index in [-0.39, 0.29) is 11.2 Å². The second-order valence-electron chi connectivity index (χ2n) is 5.92. The molecule has 19 heavy (non-hydrogen) atoms. The third-order valence-corrected chi connectivity index (χ3v) is 4.33. The van der Waals surface area contributed by atoms with Gasteiger partial charge in [0.05, 0.1) is 22.2 Å². The lowest BCUT2D eigenvalue weighted by atomic mass is 9.94. The number of hydrogen-bond acceptors (Lipinski definition) is 3. The fraction of sp³-hybridized carbons (Fsp3) is 0.538. The van der Waals surface area contributed by atoms with Crippen molar-refractivity contribution in [2.24, 2.45) is 5.41 Å². The third-order valence-electron chi connectivity index (χ3n) is 2.73. The molecule has 1 aromatic carbocycles. The summed E-state index contributed by atoms with van der Waals surface area (Å²) in [7, 11) is -3.37. The fourth-order valence-corrected chi connectivity index (χ4v) is 3.17. The summed E-state index contributed by atoms with van der Waals surface area (Å²) >= 11 is 5.90. The summed E-state index contributed by atoms with van der Waals surface area (Å²) in [6, 6.07) is 3.20. The molecule has 0 aliphatic rings. The van der Waals surface area contributed by atoms with Crippen LogP contribution in [0.4, 0.5) is 11.4 Å². The standard InChI is InChI=1S/C13H21ClN2O2S/c1-9-7-11(15)10(14)8-12(9)16-19(17,18)6-5-13(2,3)4/h7-8,16H,5-6,15H2,1-4H3. The molecule has 0 aromatic heterocycles. The number of anilines is 2. The van der Waals surface area contributed by atoms with E-state index in [9.17, 15) is 8.42 Å². The Morgan fingerprint density at radius 3 is 2.42 bits per heavy atom. The predicted molar refractivity (Wildman–Crippen MR) is 82.1 cm³/mol. The van der Waals surface area contributed by atoms with Gasteiger partial charge >= 0.3 is 0 Å². The van der Waals surface area contributed by atoms with Gasteiger partial charge in [0.1, 0.15) is 0 Å². The van der Waals surface area contributed by atoms with Crippen molar-refractivity contribution in [3.8, 4) is 0 Å². The number of rotatable bonds is 4. The lowest BCUT2D eigenvalue weighted by molar-refractivity contribution is 0.397. The lowest BCUT2D eigenvalue weighted by Crippen LogP contribution is -2.21. The molecule has 0 spiro atoms. The van der Waals surface area contributed by atoms with Crippen LogP contribution in [0.5, 0.6) is 0 Å². The predicted octanol–water partition coefficient (Wildman–Crippen LogP) is 3.41. The summed E-state index contributed by atoms with van der Waals surface area (Å²) in [6.45, 7) is 7.81. The second kappa shape index (κ2) is 5.59. The van der Waals surface area contributed by atoms with Crippen LogP contribution in [0.2, 0.25) is 5.02 Å². The highest BCUT2D eigenvalue weighted by Crippen LogP contribution is 2.28. The average molecular weight is 305 g/mol. The summed E-state index contributed by atoms with van der Waals surface area (Å²) in [5, 5.41) is 0.346. The highest BCUT2D eigenvalue weighted by molar-refractivity contribution is 7.92. The van der Waals surface area contributed by atoms with E-state index in [1.54, 1.807) is 19.1 Å². The van der Waals surface area contributed by atoms with Crippen LogP contribution in [0.3, 0.4) is 0 Å². The normalized spacial score (nSPS) is 12.5. The molecule has 1 aromatic rings. The molecule has 6 heteroatoms. The molecule has 0 bridgehead atoms. The number of sulfonamides is 1. The monoisotopic (exact) mass is 304 g/mol. The molecule has 0 unspecified atom stereocenters. The van der Waals surface area contributed by atoms with Gasteiger partial charge in [-0.05, 0) is 36.5 Å². The van der Waals surface area contributed by atoms with Gasteiger partial charge in [0.2, 0.25) is 10.0 Å². The highest BCUT2D eigenvalue weighted by Gasteiger charge is 2.18. The number of nitrogens with one attached hydrogen (secondary N) is 1. The number of halogens is 1. The van der Waals surface area contributed by atoms with Gasteiger partial charge in [-0.3, -0.25) is 4.72 Å². The van der Waals surface area contributed by atoms with E-state index < -0.39 is 10.0 Å². The van der Waals surface area contributed by atoms with Crippen LogP contribution >= 0.6 is 11.6 Å². The molecule has 108 valence electrons. The van der Waals surface area contributed by atoms with Crippen molar-refractivity contribution in [1.82, 2.24) is 0 Å². The molecular weight excluding hydrogens is 284 g/mol. The van der Waals surface area contributed by atoms with E-state index in [1.165, 1.54) is 0 Å². The molecule has 0 saturated carbocycles. The van der Waals surface area contributed by atoms with Crippen LogP contribution < -0.4 is 10.5 Å². The molecule has 0 saturated heterocycles. The van der Waals surface area contributed by atoms with Crippen molar-refractivity contribution in [2.45, 2.75) is 34.1 Å². The van der Waals surface area contributed by atoms with Gasteiger partial charge in [-0.1, -0.05) is 32.4 Å². The van der Waals surface area contributed by atoms with Gasteiger partial charge in [0.15, 0.2) is 0 Å². The van der Waals surface area contributed by atoms with Crippen molar-refractivity contribution < 1.29 is 8.42 Å². The van der Waals surface area contributed by atoms with E-state index in [2.05, 4.69) is 4.72 Å². The zero-order valence-corrected chi connectivity index (χ0v) is 13.3. The maximum atomic E-state index is 12.0. The minimum Gasteiger partial charge on any atom is -0.398 e. The molecule has 0 radical (unpaired) electrons. The molecule has 1 rings (SSSR count). The van der Waals surface area contributed by atoms with Crippen molar-refractivity contribution in [3.05, 3.63) is 22.7 Å². The Morgan fingerprint density at radius 1 is 1.32 bits per heavy atom. The molecule has 3 N–H and O–H groups in total. The van der Waals surface area contributed by atoms with Crippen molar-refractivity contribution in [3.63, 3.8) is 0 Å². The first-order valence-electron chi connectivity index (χ1n) is 6.06. The van der Waals surface area contributed by atoms with Gasteiger partial charge in [-0.2, -0.15) is 0 Å². The Morgan fingerprint density at radius 2 is 1.89 bits per heavy atom. The second-order valence-corrected chi connectivity index (χ2v) is 8.17. The van der Waals surface area contributed by atoms with Gasteiger partial charge in [0.25, 0.3) is 0 Å². The Kier molecular flexibility index (Phi) is 4.74. The van der Waals surface area contributed by atoms with Crippen LogP contribution in [0.25, 0.3) is 0 Å². The summed E-state index contributed by atoms with van der Waals surface area (Å²) < 4.78 is 26.6. The minimum atomic E-state index is -3.37. The molecule has 0 heterocycles. The quantitative estimate of drug-likeness (QED) is 0.837. The van der Waals surface area contributed by atoms with Crippen LogP contribution in [-0.2, 0) is 10.0 Å². The largest absolute Gasteiger partial charge is 0.398 e. The molecular formula is C13H21ClN2O2S. The number of nitrogens with two attached hydrogens (primary N) is 1. The smallest absolute Gasteiger partial charge is 0.232 e. The molecule has 0 amide bonds. The van der Waals surface area contributed by atoms with E-state index >= 15 is 0 Å². The third kappa shape index (κ3) is 5.28. The minimum absolute atomic E-state index is 0.0252. The van der Waals surface area contributed by atoms with Gasteiger partial charge in [0, 0.05) is 0 Å². The number of aryl methyl sites for hydroxylation is 1. The Hall–Kier alpha value is -0.940. The van der Waals surface area contributed by atoms with E-state index in [0.29, 0.717) is 22.8 Å².